The molecular weight excluding hydrogens is 266 g/mol. The Bertz CT molecular complexity index is 425. The first-order chi connectivity index (χ1) is 9.51. The number of hydrogen-bond acceptors (Lipinski definition) is 4. The van der Waals surface area contributed by atoms with E-state index in [0.717, 1.165) is 12.5 Å². The maximum Gasteiger partial charge on any atom is 0.185 e. The summed E-state index contributed by atoms with van der Waals surface area (Å²) < 4.78 is 0. The van der Waals surface area contributed by atoms with Crippen LogP contribution >= 0.6 is 11.3 Å². The lowest BCUT2D eigenvalue weighted by Gasteiger charge is -2.14. The molecule has 1 fully saturated rings. The van der Waals surface area contributed by atoms with Crippen molar-refractivity contribution in [1.29, 1.82) is 0 Å². The molecule has 1 atom stereocenters. The van der Waals surface area contributed by atoms with Crippen LogP contribution in [0.15, 0.2) is 0 Å². The van der Waals surface area contributed by atoms with Gasteiger partial charge in [-0.25, -0.2) is 4.98 Å². The highest BCUT2D eigenvalue weighted by Crippen LogP contribution is 2.34. The molecule has 0 spiro atoms. The summed E-state index contributed by atoms with van der Waals surface area (Å²) in [6.07, 6.45) is 2.62. The molecule has 1 aromatic rings. The predicted molar refractivity (Wildman–Crippen MR) is 88.8 cm³/mol. The molecule has 1 saturated heterocycles. The summed E-state index contributed by atoms with van der Waals surface area (Å²) in [6.45, 7) is 14.5. The Morgan fingerprint density at radius 3 is 2.65 bits per heavy atom. The molecule has 0 aromatic carbocycles. The number of nitrogens with zero attached hydrogens (tertiary/aromatic N) is 2. The zero-order chi connectivity index (χ0) is 14.7. The lowest BCUT2D eigenvalue weighted by molar-refractivity contribution is 0.569. The van der Waals surface area contributed by atoms with E-state index in [1.165, 1.54) is 41.6 Å². The number of hydrogen-bond donors (Lipinski definition) is 1. The van der Waals surface area contributed by atoms with Crippen molar-refractivity contribution >= 4 is 16.5 Å². The van der Waals surface area contributed by atoms with Gasteiger partial charge in [0, 0.05) is 30.6 Å². The van der Waals surface area contributed by atoms with Crippen LogP contribution < -0.4 is 10.2 Å². The molecule has 1 N–H and O–H groups in total. The van der Waals surface area contributed by atoms with Crippen LogP contribution in [0.3, 0.4) is 0 Å². The van der Waals surface area contributed by atoms with E-state index in [4.69, 9.17) is 4.98 Å². The predicted octanol–water partition coefficient (Wildman–Crippen LogP) is 4.00. The molecule has 20 heavy (non-hydrogen) atoms. The van der Waals surface area contributed by atoms with Crippen molar-refractivity contribution in [3.8, 4) is 0 Å². The van der Waals surface area contributed by atoms with E-state index in [9.17, 15) is 0 Å². The normalized spacial score (nSPS) is 19.6. The topological polar surface area (TPSA) is 28.2 Å². The van der Waals surface area contributed by atoms with Gasteiger partial charge in [0.25, 0.3) is 0 Å². The van der Waals surface area contributed by atoms with E-state index in [-0.39, 0.29) is 0 Å². The van der Waals surface area contributed by atoms with Crippen molar-refractivity contribution in [3.05, 3.63) is 10.6 Å². The van der Waals surface area contributed by atoms with Crippen LogP contribution in [0, 0.1) is 5.92 Å². The van der Waals surface area contributed by atoms with Crippen molar-refractivity contribution in [2.45, 2.75) is 66.0 Å². The van der Waals surface area contributed by atoms with Crippen LogP contribution in [0.25, 0.3) is 0 Å². The molecule has 114 valence electrons. The van der Waals surface area contributed by atoms with E-state index < -0.39 is 0 Å². The highest BCUT2D eigenvalue weighted by atomic mass is 32.1. The SMILES string of the molecule is CCC1CCN(c2nc(C(C)C)c(CNC(C)C)s2)C1. The van der Waals surface area contributed by atoms with Gasteiger partial charge in [-0.2, -0.15) is 0 Å². The highest BCUT2D eigenvalue weighted by Gasteiger charge is 2.25. The summed E-state index contributed by atoms with van der Waals surface area (Å²) in [7, 11) is 0. The van der Waals surface area contributed by atoms with Gasteiger partial charge in [0.05, 0.1) is 5.69 Å². The van der Waals surface area contributed by atoms with E-state index in [2.05, 4.69) is 44.8 Å². The van der Waals surface area contributed by atoms with Gasteiger partial charge in [-0.1, -0.05) is 41.0 Å². The second-order valence-electron chi connectivity index (χ2n) is 6.50. The summed E-state index contributed by atoms with van der Waals surface area (Å²) in [5.41, 5.74) is 1.29. The van der Waals surface area contributed by atoms with Crippen LogP contribution in [0.1, 0.15) is 63.9 Å². The Balaban J connectivity index is 2.12. The number of aromatic nitrogens is 1. The Kier molecular flexibility index (Phi) is 5.44. The molecule has 1 aromatic heterocycles. The quantitative estimate of drug-likeness (QED) is 0.860. The number of anilines is 1. The molecule has 1 aliphatic rings. The first-order valence-corrected chi connectivity index (χ1v) is 8.80. The second kappa shape index (κ2) is 6.90. The Labute approximate surface area is 127 Å². The Hall–Kier alpha value is -0.610. The summed E-state index contributed by atoms with van der Waals surface area (Å²) in [4.78, 5) is 8.85. The van der Waals surface area contributed by atoms with Gasteiger partial charge >= 0.3 is 0 Å². The molecular formula is C16H29N3S. The minimum absolute atomic E-state index is 0.508. The summed E-state index contributed by atoms with van der Waals surface area (Å²) in [5, 5.41) is 4.77. The lowest BCUT2D eigenvalue weighted by Crippen LogP contribution is -2.22. The van der Waals surface area contributed by atoms with E-state index >= 15 is 0 Å². The third-order valence-corrected chi connectivity index (χ3v) is 5.20. The third kappa shape index (κ3) is 3.73. The van der Waals surface area contributed by atoms with Crippen molar-refractivity contribution in [2.24, 2.45) is 5.92 Å². The van der Waals surface area contributed by atoms with Gasteiger partial charge in [-0.15, -0.1) is 11.3 Å². The average molecular weight is 295 g/mol. The van der Waals surface area contributed by atoms with Gasteiger partial charge in [-0.05, 0) is 18.3 Å². The fourth-order valence-corrected chi connectivity index (χ4v) is 3.90. The third-order valence-electron chi connectivity index (χ3n) is 4.07. The lowest BCUT2D eigenvalue weighted by atomic mass is 10.1. The molecule has 0 radical (unpaired) electrons. The van der Waals surface area contributed by atoms with Crippen LogP contribution in [-0.2, 0) is 6.54 Å². The summed E-state index contributed by atoms with van der Waals surface area (Å²) in [5.74, 6) is 1.37. The van der Waals surface area contributed by atoms with Crippen molar-refractivity contribution in [2.75, 3.05) is 18.0 Å². The molecule has 0 amide bonds. The van der Waals surface area contributed by atoms with E-state index in [1.807, 2.05) is 11.3 Å². The van der Waals surface area contributed by atoms with Gasteiger partial charge in [-0.3, -0.25) is 0 Å². The summed E-state index contributed by atoms with van der Waals surface area (Å²) in [6, 6.07) is 0.525. The van der Waals surface area contributed by atoms with E-state index in [0.29, 0.717) is 12.0 Å². The molecule has 1 aliphatic heterocycles. The molecule has 1 unspecified atom stereocenters. The van der Waals surface area contributed by atoms with E-state index in [1.54, 1.807) is 0 Å². The van der Waals surface area contributed by atoms with Gasteiger partial charge in [0.2, 0.25) is 0 Å². The zero-order valence-electron chi connectivity index (χ0n) is 13.6. The molecule has 3 nitrogen and oxygen atoms in total. The van der Waals surface area contributed by atoms with Gasteiger partial charge in [0.1, 0.15) is 0 Å². The largest absolute Gasteiger partial charge is 0.348 e. The number of rotatable bonds is 6. The van der Waals surface area contributed by atoms with Crippen molar-refractivity contribution in [3.63, 3.8) is 0 Å². The van der Waals surface area contributed by atoms with Crippen molar-refractivity contribution in [1.82, 2.24) is 10.3 Å². The van der Waals surface area contributed by atoms with Crippen molar-refractivity contribution < 1.29 is 0 Å². The zero-order valence-corrected chi connectivity index (χ0v) is 14.4. The molecule has 2 heterocycles. The first kappa shape index (κ1) is 15.8. The molecule has 0 bridgehead atoms. The number of thiazole rings is 1. The van der Waals surface area contributed by atoms with Crippen LogP contribution in [0.4, 0.5) is 5.13 Å². The molecule has 4 heteroatoms. The van der Waals surface area contributed by atoms with Crippen LogP contribution in [0.5, 0.6) is 0 Å². The van der Waals surface area contributed by atoms with Gasteiger partial charge < -0.3 is 10.2 Å². The highest BCUT2D eigenvalue weighted by molar-refractivity contribution is 7.15. The van der Waals surface area contributed by atoms with Crippen LogP contribution in [0.2, 0.25) is 0 Å². The molecule has 0 saturated carbocycles. The summed E-state index contributed by atoms with van der Waals surface area (Å²) >= 11 is 1.89. The van der Waals surface area contributed by atoms with Gasteiger partial charge in [0.15, 0.2) is 5.13 Å². The Morgan fingerprint density at radius 1 is 1.35 bits per heavy atom. The molecule has 0 aliphatic carbocycles. The molecule has 2 rings (SSSR count). The average Bonchev–Trinajstić information content (AvgIpc) is 3.02. The fraction of sp³-hybridized carbons (Fsp3) is 0.812. The minimum Gasteiger partial charge on any atom is -0.348 e. The standard InChI is InChI=1S/C16H29N3S/c1-6-13-7-8-19(10-13)16-18-15(11(2)3)14(20-16)9-17-12(4)5/h11-13,17H,6-10H2,1-5H3. The minimum atomic E-state index is 0.508. The monoisotopic (exact) mass is 295 g/mol. The fourth-order valence-electron chi connectivity index (χ4n) is 2.70. The Morgan fingerprint density at radius 2 is 2.10 bits per heavy atom. The first-order valence-electron chi connectivity index (χ1n) is 7.99. The van der Waals surface area contributed by atoms with Crippen LogP contribution in [-0.4, -0.2) is 24.1 Å². The maximum absolute atomic E-state index is 4.94. The number of nitrogens with one attached hydrogen (secondary N) is 1. The smallest absolute Gasteiger partial charge is 0.185 e. The second-order valence-corrected chi connectivity index (χ2v) is 7.57. The maximum atomic E-state index is 4.94.